The molecule has 1 aliphatic rings. The highest BCUT2D eigenvalue weighted by Crippen LogP contribution is 2.48. The Labute approximate surface area is 153 Å². The zero-order chi connectivity index (χ0) is 18.7. The molecule has 5 heteroatoms. The van der Waals surface area contributed by atoms with E-state index >= 15 is 0 Å². The van der Waals surface area contributed by atoms with E-state index in [4.69, 9.17) is 0 Å². The molecule has 1 fully saturated rings. The van der Waals surface area contributed by atoms with Crippen LogP contribution in [0.2, 0.25) is 0 Å². The zero-order valence-electron chi connectivity index (χ0n) is 15.0. The number of rotatable bonds is 6. The van der Waals surface area contributed by atoms with Gasteiger partial charge in [0.15, 0.2) is 5.78 Å². The molecule has 0 aromatic heterocycles. The van der Waals surface area contributed by atoms with E-state index in [-0.39, 0.29) is 17.6 Å². The molecule has 1 aliphatic carbocycles. The lowest BCUT2D eigenvalue weighted by atomic mass is 10.0. The maximum Gasteiger partial charge on any atom is 0.240 e. The molecule has 5 nitrogen and oxygen atoms in total. The van der Waals surface area contributed by atoms with E-state index in [1.165, 1.54) is 6.92 Å². The van der Waals surface area contributed by atoms with Crippen LogP contribution in [0.15, 0.2) is 54.6 Å². The lowest BCUT2D eigenvalue weighted by molar-refractivity contribution is -0.141. The van der Waals surface area contributed by atoms with Gasteiger partial charge < -0.3 is 10.2 Å². The van der Waals surface area contributed by atoms with Gasteiger partial charge in [-0.3, -0.25) is 14.4 Å². The number of nitrogens with one attached hydrogen (secondary N) is 1. The minimum absolute atomic E-state index is 0.0686. The van der Waals surface area contributed by atoms with E-state index < -0.39 is 5.41 Å². The van der Waals surface area contributed by atoms with Crippen LogP contribution in [0.3, 0.4) is 0 Å². The Bertz CT molecular complexity index is 841. The summed E-state index contributed by atoms with van der Waals surface area (Å²) < 4.78 is 0. The maximum atomic E-state index is 12.8. The van der Waals surface area contributed by atoms with Crippen molar-refractivity contribution in [1.82, 2.24) is 4.90 Å². The van der Waals surface area contributed by atoms with Gasteiger partial charge in [0, 0.05) is 24.8 Å². The van der Waals surface area contributed by atoms with Crippen LogP contribution in [-0.2, 0) is 16.1 Å². The second-order valence-electron chi connectivity index (χ2n) is 6.82. The van der Waals surface area contributed by atoms with Crippen LogP contribution in [0.1, 0.15) is 35.7 Å². The molecule has 2 amide bonds. The fourth-order valence-electron chi connectivity index (χ4n) is 3.02. The van der Waals surface area contributed by atoms with Crippen LogP contribution >= 0.6 is 0 Å². The van der Waals surface area contributed by atoms with Crippen molar-refractivity contribution in [1.29, 1.82) is 0 Å². The van der Waals surface area contributed by atoms with Crippen LogP contribution in [0.4, 0.5) is 5.69 Å². The molecule has 0 saturated heterocycles. The van der Waals surface area contributed by atoms with Crippen LogP contribution in [0.25, 0.3) is 0 Å². The van der Waals surface area contributed by atoms with Gasteiger partial charge in [-0.1, -0.05) is 42.5 Å². The standard InChI is InChI=1S/C21H22N2O3/c1-15(24)17-9-6-10-18(13-17)22-19(25)21(11-12-21)20(26)23(2)14-16-7-4-3-5-8-16/h3-10,13H,11-12,14H2,1-2H3,(H,22,25). The highest BCUT2D eigenvalue weighted by Gasteiger charge is 2.57. The number of hydrogen-bond acceptors (Lipinski definition) is 3. The second kappa shape index (κ2) is 7.12. The Morgan fingerprint density at radius 1 is 1.04 bits per heavy atom. The summed E-state index contributed by atoms with van der Waals surface area (Å²) >= 11 is 0. The quantitative estimate of drug-likeness (QED) is 0.642. The fraction of sp³-hybridized carbons (Fsp3) is 0.286. The van der Waals surface area contributed by atoms with Crippen molar-refractivity contribution in [3.8, 4) is 0 Å². The van der Waals surface area contributed by atoms with E-state index in [9.17, 15) is 14.4 Å². The van der Waals surface area contributed by atoms with Gasteiger partial charge in [0.05, 0.1) is 0 Å². The van der Waals surface area contributed by atoms with Gasteiger partial charge in [0.25, 0.3) is 0 Å². The van der Waals surface area contributed by atoms with E-state index in [1.54, 1.807) is 36.2 Å². The first kappa shape index (κ1) is 17.9. The lowest BCUT2D eigenvalue weighted by Crippen LogP contribution is -2.40. The van der Waals surface area contributed by atoms with Crippen molar-refractivity contribution < 1.29 is 14.4 Å². The first-order chi connectivity index (χ1) is 12.4. The molecule has 134 valence electrons. The first-order valence-electron chi connectivity index (χ1n) is 8.64. The molecule has 0 heterocycles. The molecule has 3 rings (SSSR count). The average molecular weight is 350 g/mol. The van der Waals surface area contributed by atoms with Gasteiger partial charge in [0.1, 0.15) is 5.41 Å². The fourth-order valence-corrected chi connectivity index (χ4v) is 3.02. The van der Waals surface area contributed by atoms with Crippen molar-refractivity contribution in [2.75, 3.05) is 12.4 Å². The first-order valence-corrected chi connectivity index (χ1v) is 8.64. The Hall–Kier alpha value is -2.95. The normalized spacial score (nSPS) is 14.4. The number of anilines is 1. The van der Waals surface area contributed by atoms with Crippen LogP contribution in [-0.4, -0.2) is 29.5 Å². The number of carbonyl (C=O) groups is 3. The number of carbonyl (C=O) groups excluding carboxylic acids is 3. The summed E-state index contributed by atoms with van der Waals surface area (Å²) in [6.45, 7) is 1.94. The van der Waals surface area contributed by atoms with Crippen LogP contribution < -0.4 is 5.32 Å². The summed E-state index contributed by atoms with van der Waals surface area (Å²) in [5.74, 6) is -0.536. The van der Waals surface area contributed by atoms with E-state index in [1.807, 2.05) is 30.3 Å². The number of benzene rings is 2. The van der Waals surface area contributed by atoms with Gasteiger partial charge in [-0.15, -0.1) is 0 Å². The average Bonchev–Trinajstić information content (AvgIpc) is 3.44. The zero-order valence-corrected chi connectivity index (χ0v) is 15.0. The molecule has 0 bridgehead atoms. The van der Waals surface area contributed by atoms with Crippen molar-refractivity contribution >= 4 is 23.3 Å². The predicted molar refractivity (Wildman–Crippen MR) is 99.7 cm³/mol. The van der Waals surface area contributed by atoms with Crippen molar-refractivity contribution in [3.05, 3.63) is 65.7 Å². The Balaban J connectivity index is 1.69. The molecule has 0 aliphatic heterocycles. The van der Waals surface area contributed by atoms with E-state index in [2.05, 4.69) is 5.32 Å². The summed E-state index contributed by atoms with van der Waals surface area (Å²) in [5.41, 5.74) is 1.09. The van der Waals surface area contributed by atoms with Gasteiger partial charge in [-0.25, -0.2) is 0 Å². The third-order valence-corrected chi connectivity index (χ3v) is 4.73. The molecule has 0 atom stereocenters. The topological polar surface area (TPSA) is 66.5 Å². The number of ketones is 1. The van der Waals surface area contributed by atoms with Gasteiger partial charge in [-0.05, 0) is 37.5 Å². The van der Waals surface area contributed by atoms with Gasteiger partial charge >= 0.3 is 0 Å². The van der Waals surface area contributed by atoms with Gasteiger partial charge in [-0.2, -0.15) is 0 Å². The third kappa shape index (κ3) is 3.67. The summed E-state index contributed by atoms with van der Waals surface area (Å²) in [5, 5.41) is 2.80. The third-order valence-electron chi connectivity index (χ3n) is 4.73. The molecular formula is C21H22N2O3. The summed E-state index contributed by atoms with van der Waals surface area (Å²) in [6, 6.07) is 16.5. The predicted octanol–water partition coefficient (Wildman–Crippen LogP) is 3.27. The molecule has 0 spiro atoms. The largest absolute Gasteiger partial charge is 0.340 e. The van der Waals surface area contributed by atoms with Crippen molar-refractivity contribution in [2.45, 2.75) is 26.3 Å². The van der Waals surface area contributed by atoms with Crippen LogP contribution in [0.5, 0.6) is 0 Å². The molecule has 1 N–H and O–H groups in total. The van der Waals surface area contributed by atoms with Crippen molar-refractivity contribution in [3.63, 3.8) is 0 Å². The lowest BCUT2D eigenvalue weighted by Gasteiger charge is -2.23. The molecular weight excluding hydrogens is 328 g/mol. The minimum atomic E-state index is -0.990. The molecule has 2 aromatic rings. The SMILES string of the molecule is CC(=O)c1cccc(NC(=O)C2(C(=O)N(C)Cc3ccccc3)CC2)c1. The smallest absolute Gasteiger partial charge is 0.240 e. The number of Topliss-reactive ketones (excluding diaryl/α,β-unsaturated/α-hetero) is 1. The number of nitrogens with zero attached hydrogens (tertiary/aromatic N) is 1. The Morgan fingerprint density at radius 2 is 1.73 bits per heavy atom. The summed E-state index contributed by atoms with van der Waals surface area (Å²) in [4.78, 5) is 38.7. The highest BCUT2D eigenvalue weighted by atomic mass is 16.2. The van der Waals surface area contributed by atoms with Crippen LogP contribution in [0, 0.1) is 5.41 Å². The molecule has 26 heavy (non-hydrogen) atoms. The Kier molecular flexibility index (Phi) is 4.89. The number of hydrogen-bond donors (Lipinski definition) is 1. The van der Waals surface area contributed by atoms with Crippen molar-refractivity contribution in [2.24, 2.45) is 5.41 Å². The molecule has 0 radical (unpaired) electrons. The van der Waals surface area contributed by atoms with E-state index in [0.29, 0.717) is 30.6 Å². The molecule has 1 saturated carbocycles. The summed E-state index contributed by atoms with van der Waals surface area (Å²) in [7, 11) is 1.72. The summed E-state index contributed by atoms with van der Waals surface area (Å²) in [6.07, 6.45) is 1.09. The monoisotopic (exact) mass is 350 g/mol. The highest BCUT2D eigenvalue weighted by molar-refractivity contribution is 6.13. The second-order valence-corrected chi connectivity index (χ2v) is 6.82. The van der Waals surface area contributed by atoms with Gasteiger partial charge in [0.2, 0.25) is 11.8 Å². The van der Waals surface area contributed by atoms with E-state index in [0.717, 1.165) is 5.56 Å². The number of amides is 2. The Morgan fingerprint density at radius 3 is 2.35 bits per heavy atom. The molecule has 0 unspecified atom stereocenters. The molecule has 2 aromatic carbocycles. The maximum absolute atomic E-state index is 12.8. The minimum Gasteiger partial charge on any atom is -0.340 e.